The first-order valence-corrected chi connectivity index (χ1v) is 2.94. The minimum atomic E-state index is -4.44. The van der Waals surface area contributed by atoms with E-state index in [9.17, 15) is 12.9 Å². The summed E-state index contributed by atoms with van der Waals surface area (Å²) in [7, 11) is 0. The van der Waals surface area contributed by atoms with Crippen molar-refractivity contribution in [3.63, 3.8) is 0 Å². The van der Waals surface area contributed by atoms with Crippen molar-refractivity contribution in [2.45, 2.75) is 18.7 Å². The summed E-state index contributed by atoms with van der Waals surface area (Å²) in [4.78, 5) is 8.44. The fourth-order valence-corrected chi connectivity index (χ4v) is 0.474. The minimum Gasteiger partial charge on any atom is -0.565 e. The summed E-state index contributed by atoms with van der Waals surface area (Å²) in [6.45, 7) is -4.44. The quantitative estimate of drug-likeness (QED) is 0.472. The van der Waals surface area contributed by atoms with Crippen LogP contribution in [0.1, 0.15) is 12.8 Å². The summed E-state index contributed by atoms with van der Waals surface area (Å²) >= 11 is 0. The zero-order valence-electron chi connectivity index (χ0n) is 7.47. The number of carbonyl (C=O) groups is 1. The van der Waals surface area contributed by atoms with Gasteiger partial charge >= 0.3 is 110 Å². The summed E-state index contributed by atoms with van der Waals surface area (Å²) in [6, 6.07) is 0. The molecule has 13 heavy (non-hydrogen) atoms. The molecule has 0 spiro atoms. The van der Waals surface area contributed by atoms with Crippen LogP contribution >= 0.6 is 0 Å². The second-order valence-corrected chi connectivity index (χ2v) is 2.23. The maximum atomic E-state index is 11.3. The number of rotatable bonds is 1. The largest absolute Gasteiger partial charge is 1.00 e. The van der Waals surface area contributed by atoms with Gasteiger partial charge in [-0.3, -0.25) is 0 Å². The van der Waals surface area contributed by atoms with E-state index in [1.807, 2.05) is 0 Å². The van der Waals surface area contributed by atoms with Crippen molar-refractivity contribution >= 4 is 13.1 Å². The molecule has 1 N–H and O–H groups in total. The average Bonchev–Trinajstić information content (AvgIpc) is 2.33. The SMILES string of the molecule is F[B-](F)(F)C1CC1.O=C([O-])O.[K+].[K+]. The molecule has 0 amide bonds. The van der Waals surface area contributed by atoms with Crippen LogP contribution in [0.3, 0.4) is 0 Å². The molecule has 9 heteroatoms. The average molecular weight is 248 g/mol. The van der Waals surface area contributed by atoms with Gasteiger partial charge in [-0.15, -0.1) is 0 Å². The van der Waals surface area contributed by atoms with Crippen molar-refractivity contribution in [2.75, 3.05) is 0 Å². The number of halogens is 3. The fourth-order valence-electron chi connectivity index (χ4n) is 0.474. The molecule has 3 nitrogen and oxygen atoms in total. The molecule has 1 saturated carbocycles. The molecule has 1 aliphatic rings. The Balaban J connectivity index is -0.000000150. The maximum absolute atomic E-state index is 11.3. The zero-order chi connectivity index (χ0) is 9.07. The third-order valence-corrected chi connectivity index (χ3v) is 1.16. The molecule has 0 unspecified atom stereocenters. The zero-order valence-corrected chi connectivity index (χ0v) is 13.7. The van der Waals surface area contributed by atoms with Crippen LogP contribution in [0.2, 0.25) is 5.82 Å². The van der Waals surface area contributed by atoms with Gasteiger partial charge in [0, 0.05) is 0 Å². The fraction of sp³-hybridized carbons (Fsp3) is 0.750. The topological polar surface area (TPSA) is 60.4 Å². The molecule has 1 fully saturated rings. The van der Waals surface area contributed by atoms with Gasteiger partial charge in [0.15, 0.2) is 0 Å². The Labute approximate surface area is 159 Å². The van der Waals surface area contributed by atoms with Gasteiger partial charge in [-0.25, -0.2) is 0 Å². The van der Waals surface area contributed by atoms with Crippen LogP contribution in [0.15, 0.2) is 0 Å². The number of hydrogen-bond acceptors (Lipinski definition) is 2. The van der Waals surface area contributed by atoms with Gasteiger partial charge in [0.25, 0.3) is 0 Å². The molecule has 0 aliphatic heterocycles. The van der Waals surface area contributed by atoms with Gasteiger partial charge in [0.1, 0.15) is 0 Å². The van der Waals surface area contributed by atoms with Gasteiger partial charge in [-0.05, 0) is 0 Å². The van der Waals surface area contributed by atoms with Gasteiger partial charge in [0.05, 0.1) is 0 Å². The first kappa shape index (κ1) is 20.8. The number of hydrogen-bond donors (Lipinski definition) is 1. The molecule has 66 valence electrons. The molecule has 1 aliphatic carbocycles. The van der Waals surface area contributed by atoms with Crippen LogP contribution in [0.4, 0.5) is 17.7 Å². The molecule has 0 radical (unpaired) electrons. The minimum absolute atomic E-state index is 0. The van der Waals surface area contributed by atoms with Crippen LogP contribution < -0.4 is 108 Å². The van der Waals surface area contributed by atoms with Crippen LogP contribution in [0.25, 0.3) is 0 Å². The summed E-state index contributed by atoms with van der Waals surface area (Å²) in [5.41, 5.74) is 0. The molecular weight excluding hydrogens is 242 g/mol. The third kappa shape index (κ3) is 17.0. The molecule has 0 saturated heterocycles. The van der Waals surface area contributed by atoms with Gasteiger partial charge in [0.2, 0.25) is 6.16 Å². The predicted octanol–water partition coefficient (Wildman–Crippen LogP) is -5.11. The van der Waals surface area contributed by atoms with E-state index in [4.69, 9.17) is 15.0 Å². The first-order chi connectivity index (χ1) is 4.84. The van der Waals surface area contributed by atoms with E-state index in [1.165, 1.54) is 0 Å². The van der Waals surface area contributed by atoms with Crippen molar-refractivity contribution in [3.8, 4) is 0 Å². The van der Waals surface area contributed by atoms with Crippen molar-refractivity contribution in [1.29, 1.82) is 0 Å². The van der Waals surface area contributed by atoms with Crippen LogP contribution in [0.5, 0.6) is 0 Å². The second kappa shape index (κ2) is 9.61. The van der Waals surface area contributed by atoms with Crippen LogP contribution in [-0.2, 0) is 0 Å². The van der Waals surface area contributed by atoms with E-state index >= 15 is 0 Å². The molecule has 0 bridgehead atoms. The Morgan fingerprint density at radius 3 is 1.54 bits per heavy atom. The van der Waals surface area contributed by atoms with Crippen LogP contribution in [0, 0.1) is 0 Å². The smallest absolute Gasteiger partial charge is 0.565 e. The summed E-state index contributed by atoms with van der Waals surface area (Å²) in [5.74, 6) is -0.889. The van der Waals surface area contributed by atoms with E-state index in [1.54, 1.807) is 0 Å². The Morgan fingerprint density at radius 2 is 1.54 bits per heavy atom. The normalized spacial score (nSPS) is 14.1. The first-order valence-electron chi connectivity index (χ1n) is 2.94. The van der Waals surface area contributed by atoms with Crippen molar-refractivity contribution in [3.05, 3.63) is 0 Å². The Bertz CT molecular complexity index is 146. The Kier molecular flexibility index (Phi) is 15.4. The van der Waals surface area contributed by atoms with E-state index in [0.29, 0.717) is 12.8 Å². The van der Waals surface area contributed by atoms with Gasteiger partial charge in [-0.1, -0.05) is 18.7 Å². The molecule has 0 aromatic rings. The third-order valence-electron chi connectivity index (χ3n) is 1.16. The monoisotopic (exact) mass is 248 g/mol. The summed E-state index contributed by atoms with van der Waals surface area (Å²) < 4.78 is 33.9. The van der Waals surface area contributed by atoms with Gasteiger partial charge < -0.3 is 28.0 Å². The molecule has 0 heterocycles. The van der Waals surface area contributed by atoms with Crippen molar-refractivity contribution < 1.29 is 131 Å². The molecule has 0 atom stereocenters. The molecule has 0 aromatic carbocycles. The predicted molar refractivity (Wildman–Crippen MR) is 30.1 cm³/mol. The van der Waals surface area contributed by atoms with Gasteiger partial charge in [-0.2, -0.15) is 0 Å². The Hall–Kier alpha value is 2.40. The Morgan fingerprint density at radius 1 is 1.31 bits per heavy atom. The molecule has 1 rings (SSSR count). The molecular formula is C4H6BF3K2O3. The van der Waals surface area contributed by atoms with Crippen LogP contribution in [-0.4, -0.2) is 18.2 Å². The summed E-state index contributed by atoms with van der Waals surface area (Å²) in [6.07, 6.45) is -1.33. The van der Waals surface area contributed by atoms with Crippen molar-refractivity contribution in [1.82, 2.24) is 0 Å². The van der Waals surface area contributed by atoms with Crippen molar-refractivity contribution in [2.24, 2.45) is 0 Å². The van der Waals surface area contributed by atoms with E-state index < -0.39 is 18.9 Å². The van der Waals surface area contributed by atoms with E-state index in [-0.39, 0.29) is 103 Å². The molecule has 0 aromatic heterocycles. The number of carboxylic acid groups (broad SMARTS) is 2. The second-order valence-electron chi connectivity index (χ2n) is 2.23. The van der Waals surface area contributed by atoms with E-state index in [0.717, 1.165) is 0 Å². The standard InChI is InChI=1S/C3H5BF3.CH2O3.2K/c5-4(6,7)3-1-2-3;2-1(3)4;;/h3H,1-2H2;(H2,2,3,4);;/q-1;;2*+1/p-1. The summed E-state index contributed by atoms with van der Waals surface area (Å²) in [5, 5.41) is 15.3. The maximum Gasteiger partial charge on any atom is 1.00 e. The van der Waals surface area contributed by atoms with E-state index in [2.05, 4.69) is 0 Å².